The van der Waals surface area contributed by atoms with Gasteiger partial charge in [0.1, 0.15) is 5.75 Å². The van der Waals surface area contributed by atoms with E-state index in [1.165, 1.54) is 12.1 Å². The Balaban J connectivity index is 2.35. The molecule has 7 heteroatoms. The molecule has 0 saturated carbocycles. The minimum Gasteiger partial charge on any atom is -0.506 e. The first-order valence-electron chi connectivity index (χ1n) is 5.98. The predicted molar refractivity (Wildman–Crippen MR) is 86.5 cm³/mol. The van der Waals surface area contributed by atoms with E-state index in [0.717, 1.165) is 12.0 Å². The van der Waals surface area contributed by atoms with Gasteiger partial charge in [-0.25, -0.2) is 0 Å². The second-order valence-electron chi connectivity index (χ2n) is 4.51. The number of benzene rings is 1. The van der Waals surface area contributed by atoms with Gasteiger partial charge in [0.25, 0.3) is 5.91 Å². The van der Waals surface area contributed by atoms with Crippen molar-refractivity contribution < 1.29 is 14.7 Å². The number of hydrogen-bond acceptors (Lipinski definition) is 3. The summed E-state index contributed by atoms with van der Waals surface area (Å²) in [6.45, 7) is 3.54. The molecule has 2 N–H and O–H groups in total. The third kappa shape index (κ3) is 3.03. The van der Waals surface area contributed by atoms with E-state index in [1.807, 2.05) is 0 Å². The SMILES string of the molecule is Cc1cc(C=O)c(C)n1NC(=O)c1cc(Br)c(O)c(Br)c1. The Morgan fingerprint density at radius 1 is 1.24 bits per heavy atom. The molecule has 0 fully saturated rings. The summed E-state index contributed by atoms with van der Waals surface area (Å²) >= 11 is 6.36. The fraction of sp³-hybridized carbons (Fsp3) is 0.143. The number of halogens is 2. The predicted octanol–water partition coefficient (Wildman–Crippen LogP) is 3.53. The van der Waals surface area contributed by atoms with Crippen LogP contribution in [0.5, 0.6) is 5.75 Å². The zero-order valence-electron chi connectivity index (χ0n) is 11.3. The van der Waals surface area contributed by atoms with Gasteiger partial charge in [0.15, 0.2) is 6.29 Å². The number of amides is 1. The molecule has 1 amide bonds. The molecule has 110 valence electrons. The first kappa shape index (κ1) is 15.8. The lowest BCUT2D eigenvalue weighted by Crippen LogP contribution is -2.25. The normalized spacial score (nSPS) is 10.5. The molecule has 1 aromatic heterocycles. The molecule has 0 aliphatic rings. The molecular formula is C14H12Br2N2O3. The van der Waals surface area contributed by atoms with Crippen LogP contribution in [0.3, 0.4) is 0 Å². The van der Waals surface area contributed by atoms with Crippen LogP contribution in [0.1, 0.15) is 32.1 Å². The molecule has 0 unspecified atom stereocenters. The Hall–Kier alpha value is -1.60. The minimum atomic E-state index is -0.351. The Labute approximate surface area is 138 Å². The first-order chi connectivity index (χ1) is 9.85. The highest BCUT2D eigenvalue weighted by molar-refractivity contribution is 9.11. The molecule has 0 radical (unpaired) electrons. The van der Waals surface area contributed by atoms with E-state index in [1.54, 1.807) is 24.6 Å². The van der Waals surface area contributed by atoms with Gasteiger partial charge in [0, 0.05) is 22.5 Å². The lowest BCUT2D eigenvalue weighted by atomic mass is 10.2. The van der Waals surface area contributed by atoms with Crippen LogP contribution in [0.15, 0.2) is 27.1 Å². The van der Waals surface area contributed by atoms with Crippen molar-refractivity contribution in [2.75, 3.05) is 5.43 Å². The van der Waals surface area contributed by atoms with Crippen LogP contribution in [-0.4, -0.2) is 22.0 Å². The number of nitrogens with zero attached hydrogens (tertiary/aromatic N) is 1. The van der Waals surface area contributed by atoms with Gasteiger partial charge in [0.05, 0.1) is 8.95 Å². The van der Waals surface area contributed by atoms with E-state index in [9.17, 15) is 14.7 Å². The Bertz CT molecular complexity index is 715. The summed E-state index contributed by atoms with van der Waals surface area (Å²) < 4.78 is 2.38. The van der Waals surface area contributed by atoms with E-state index in [0.29, 0.717) is 25.8 Å². The monoisotopic (exact) mass is 414 g/mol. The summed E-state index contributed by atoms with van der Waals surface area (Å²) in [5, 5.41) is 9.66. The smallest absolute Gasteiger partial charge is 0.270 e. The van der Waals surface area contributed by atoms with Crippen molar-refractivity contribution in [1.29, 1.82) is 0 Å². The van der Waals surface area contributed by atoms with E-state index in [4.69, 9.17) is 0 Å². The van der Waals surface area contributed by atoms with E-state index < -0.39 is 0 Å². The molecule has 2 rings (SSSR count). The topological polar surface area (TPSA) is 71.3 Å². The van der Waals surface area contributed by atoms with Crippen molar-refractivity contribution in [2.45, 2.75) is 13.8 Å². The fourth-order valence-electron chi connectivity index (χ4n) is 1.94. The third-order valence-electron chi connectivity index (χ3n) is 3.09. The molecule has 2 aromatic rings. The number of aromatic hydroxyl groups is 1. The van der Waals surface area contributed by atoms with Gasteiger partial charge >= 0.3 is 0 Å². The van der Waals surface area contributed by atoms with Crippen molar-refractivity contribution in [2.24, 2.45) is 0 Å². The largest absolute Gasteiger partial charge is 0.506 e. The second-order valence-corrected chi connectivity index (χ2v) is 6.22. The highest BCUT2D eigenvalue weighted by Gasteiger charge is 2.15. The molecule has 1 aromatic carbocycles. The molecule has 0 bridgehead atoms. The zero-order valence-corrected chi connectivity index (χ0v) is 14.4. The molecule has 0 saturated heterocycles. The molecule has 0 spiro atoms. The number of phenols is 1. The quantitative estimate of drug-likeness (QED) is 0.753. The van der Waals surface area contributed by atoms with Crippen LogP contribution < -0.4 is 5.43 Å². The third-order valence-corrected chi connectivity index (χ3v) is 4.30. The molecular weight excluding hydrogens is 404 g/mol. The highest BCUT2D eigenvalue weighted by atomic mass is 79.9. The number of aryl methyl sites for hydroxylation is 1. The van der Waals surface area contributed by atoms with Gasteiger partial charge in [-0.2, -0.15) is 0 Å². The van der Waals surface area contributed by atoms with E-state index in [-0.39, 0.29) is 11.7 Å². The maximum absolute atomic E-state index is 12.3. The van der Waals surface area contributed by atoms with Gasteiger partial charge < -0.3 is 5.11 Å². The van der Waals surface area contributed by atoms with Crippen LogP contribution in [0.2, 0.25) is 0 Å². The molecule has 0 atom stereocenters. The number of carbonyl (C=O) groups excluding carboxylic acids is 2. The fourth-order valence-corrected chi connectivity index (χ4v) is 3.13. The van der Waals surface area contributed by atoms with Crippen LogP contribution in [0, 0.1) is 13.8 Å². The van der Waals surface area contributed by atoms with Crippen LogP contribution >= 0.6 is 31.9 Å². The summed E-state index contributed by atoms with van der Waals surface area (Å²) in [6.07, 6.45) is 0.749. The van der Waals surface area contributed by atoms with E-state index in [2.05, 4.69) is 37.3 Å². The first-order valence-corrected chi connectivity index (χ1v) is 7.57. The Morgan fingerprint density at radius 3 is 2.29 bits per heavy atom. The summed E-state index contributed by atoms with van der Waals surface area (Å²) in [6, 6.07) is 4.74. The standard InChI is InChI=1S/C14H12Br2N2O3/c1-7-3-10(6-19)8(2)18(7)17-14(21)9-4-11(15)13(20)12(16)5-9/h3-6,20H,1-2H3,(H,17,21). The van der Waals surface area contributed by atoms with E-state index >= 15 is 0 Å². The maximum atomic E-state index is 12.3. The van der Waals surface area contributed by atoms with Gasteiger partial charge in [-0.15, -0.1) is 0 Å². The molecule has 21 heavy (non-hydrogen) atoms. The number of aromatic nitrogens is 1. The Morgan fingerprint density at radius 2 is 1.81 bits per heavy atom. The molecule has 1 heterocycles. The van der Waals surface area contributed by atoms with Crippen LogP contribution in [0.4, 0.5) is 0 Å². The average molecular weight is 416 g/mol. The summed E-state index contributed by atoms with van der Waals surface area (Å²) in [5.74, 6) is -0.321. The van der Waals surface area contributed by atoms with Gasteiger partial charge in [-0.3, -0.25) is 19.7 Å². The number of carbonyl (C=O) groups is 2. The molecule has 0 aliphatic carbocycles. The summed E-state index contributed by atoms with van der Waals surface area (Å²) in [5.41, 5.74) is 5.02. The Kier molecular flexibility index (Phi) is 4.53. The lowest BCUT2D eigenvalue weighted by molar-refractivity contribution is 0.101. The number of nitrogens with one attached hydrogen (secondary N) is 1. The minimum absolute atomic E-state index is 0.0307. The zero-order chi connectivity index (χ0) is 15.7. The molecule has 0 aliphatic heterocycles. The number of phenolic OH excluding ortho intramolecular Hbond substituents is 1. The van der Waals surface area contributed by atoms with Crippen molar-refractivity contribution in [3.8, 4) is 5.75 Å². The number of aldehydes is 1. The van der Waals surface area contributed by atoms with Crippen molar-refractivity contribution in [3.63, 3.8) is 0 Å². The van der Waals surface area contributed by atoms with Crippen molar-refractivity contribution >= 4 is 44.1 Å². The summed E-state index contributed by atoms with van der Waals surface area (Å²) in [4.78, 5) is 23.2. The number of rotatable bonds is 3. The van der Waals surface area contributed by atoms with Crippen molar-refractivity contribution in [3.05, 3.63) is 49.7 Å². The lowest BCUT2D eigenvalue weighted by Gasteiger charge is -2.12. The molecule has 5 nitrogen and oxygen atoms in total. The van der Waals surface area contributed by atoms with Crippen LogP contribution in [-0.2, 0) is 0 Å². The van der Waals surface area contributed by atoms with Crippen LogP contribution in [0.25, 0.3) is 0 Å². The van der Waals surface area contributed by atoms with Gasteiger partial charge in [-0.1, -0.05) is 0 Å². The van der Waals surface area contributed by atoms with Gasteiger partial charge in [-0.05, 0) is 63.9 Å². The van der Waals surface area contributed by atoms with Crippen molar-refractivity contribution in [1.82, 2.24) is 4.68 Å². The number of hydrogen-bond donors (Lipinski definition) is 2. The summed E-state index contributed by atoms with van der Waals surface area (Å²) in [7, 11) is 0. The maximum Gasteiger partial charge on any atom is 0.270 e. The second kappa shape index (κ2) is 6.03. The van der Waals surface area contributed by atoms with Gasteiger partial charge in [0.2, 0.25) is 0 Å². The average Bonchev–Trinajstić information content (AvgIpc) is 2.71. The highest BCUT2D eigenvalue weighted by Crippen LogP contribution is 2.33.